The zero-order valence-electron chi connectivity index (χ0n) is 9.48. The minimum atomic E-state index is -0.878. The SMILES string of the molecule is CC(Cn1nnnc1-c1ccnn1C)C(=O)O. The van der Waals surface area contributed by atoms with E-state index in [0.29, 0.717) is 5.82 Å². The maximum absolute atomic E-state index is 10.8. The van der Waals surface area contributed by atoms with Gasteiger partial charge in [-0.05, 0) is 16.5 Å². The first-order chi connectivity index (χ1) is 8.09. The summed E-state index contributed by atoms with van der Waals surface area (Å²) in [5.41, 5.74) is 0.743. The fourth-order valence-electron chi connectivity index (χ4n) is 1.44. The first kappa shape index (κ1) is 11.2. The summed E-state index contributed by atoms with van der Waals surface area (Å²) in [6.45, 7) is 1.83. The Hall–Kier alpha value is -2.25. The molecule has 1 N–H and O–H groups in total. The van der Waals surface area contributed by atoms with Crippen LogP contribution in [-0.4, -0.2) is 41.1 Å². The molecule has 8 heteroatoms. The molecule has 2 heterocycles. The van der Waals surface area contributed by atoms with Gasteiger partial charge in [0, 0.05) is 13.2 Å². The van der Waals surface area contributed by atoms with Gasteiger partial charge in [0.2, 0.25) is 0 Å². The van der Waals surface area contributed by atoms with Crippen molar-refractivity contribution in [2.45, 2.75) is 13.5 Å². The number of carbonyl (C=O) groups is 1. The van der Waals surface area contributed by atoms with Gasteiger partial charge in [0.05, 0.1) is 12.5 Å². The van der Waals surface area contributed by atoms with Gasteiger partial charge in [-0.2, -0.15) is 5.10 Å². The van der Waals surface area contributed by atoms with E-state index in [2.05, 4.69) is 20.6 Å². The maximum Gasteiger partial charge on any atom is 0.308 e. The third-order valence-corrected chi connectivity index (χ3v) is 2.45. The Morgan fingerprint density at radius 2 is 2.35 bits per heavy atom. The second-order valence-electron chi connectivity index (χ2n) is 3.76. The molecular formula is C9H12N6O2. The molecule has 0 saturated carbocycles. The third-order valence-electron chi connectivity index (χ3n) is 2.45. The molecule has 0 spiro atoms. The lowest BCUT2D eigenvalue weighted by atomic mass is 10.2. The summed E-state index contributed by atoms with van der Waals surface area (Å²) in [5, 5.41) is 24.1. The number of carboxylic acid groups (broad SMARTS) is 1. The van der Waals surface area contributed by atoms with E-state index < -0.39 is 11.9 Å². The van der Waals surface area contributed by atoms with Gasteiger partial charge in [-0.3, -0.25) is 9.48 Å². The molecule has 0 aromatic carbocycles. The number of aliphatic carboxylic acids is 1. The number of tetrazole rings is 1. The lowest BCUT2D eigenvalue weighted by Gasteiger charge is -2.07. The predicted molar refractivity (Wildman–Crippen MR) is 56.8 cm³/mol. The number of hydrogen-bond acceptors (Lipinski definition) is 5. The Morgan fingerprint density at radius 1 is 1.59 bits per heavy atom. The van der Waals surface area contributed by atoms with Gasteiger partial charge in [-0.15, -0.1) is 5.10 Å². The topological polar surface area (TPSA) is 98.7 Å². The van der Waals surface area contributed by atoms with Crippen LogP contribution >= 0.6 is 0 Å². The number of hydrogen-bond donors (Lipinski definition) is 1. The van der Waals surface area contributed by atoms with Gasteiger partial charge >= 0.3 is 5.97 Å². The Balaban J connectivity index is 2.29. The van der Waals surface area contributed by atoms with Crippen LogP contribution in [0.2, 0.25) is 0 Å². The molecule has 1 unspecified atom stereocenters. The minimum absolute atomic E-state index is 0.225. The molecule has 0 aliphatic rings. The summed E-state index contributed by atoms with van der Waals surface area (Å²) in [6, 6.07) is 1.77. The Bertz CT molecular complexity index is 531. The average Bonchev–Trinajstić information content (AvgIpc) is 2.86. The van der Waals surface area contributed by atoms with E-state index in [1.165, 1.54) is 4.68 Å². The predicted octanol–water partition coefficient (Wildman–Crippen LogP) is -0.206. The lowest BCUT2D eigenvalue weighted by Crippen LogP contribution is -2.18. The molecule has 90 valence electrons. The highest BCUT2D eigenvalue weighted by Gasteiger charge is 2.17. The van der Waals surface area contributed by atoms with Crippen molar-refractivity contribution in [1.82, 2.24) is 30.0 Å². The molecule has 0 fully saturated rings. The van der Waals surface area contributed by atoms with Gasteiger partial charge in [-0.25, -0.2) is 4.68 Å². The molecule has 1 atom stereocenters. The summed E-state index contributed by atoms with van der Waals surface area (Å²) in [4.78, 5) is 10.8. The first-order valence-corrected chi connectivity index (χ1v) is 5.07. The van der Waals surface area contributed by atoms with Crippen LogP contribution in [0.1, 0.15) is 6.92 Å². The standard InChI is InChI=1S/C9H12N6O2/c1-6(9(16)17)5-15-8(11-12-13-15)7-3-4-10-14(7)2/h3-4,6H,5H2,1-2H3,(H,16,17). The number of aryl methyl sites for hydroxylation is 1. The third kappa shape index (κ3) is 2.14. The fraction of sp³-hybridized carbons (Fsp3) is 0.444. The van der Waals surface area contributed by atoms with Crippen LogP contribution in [0, 0.1) is 5.92 Å². The summed E-state index contributed by atoms with van der Waals surface area (Å²) in [7, 11) is 1.77. The van der Waals surface area contributed by atoms with Gasteiger partial charge in [0.25, 0.3) is 0 Å². The van der Waals surface area contributed by atoms with E-state index in [0.717, 1.165) is 5.69 Å². The monoisotopic (exact) mass is 236 g/mol. The van der Waals surface area contributed by atoms with Crippen LogP contribution in [0.5, 0.6) is 0 Å². The van der Waals surface area contributed by atoms with Crippen LogP contribution in [-0.2, 0) is 18.4 Å². The molecule has 0 saturated heterocycles. The quantitative estimate of drug-likeness (QED) is 0.788. The molecule has 17 heavy (non-hydrogen) atoms. The second-order valence-corrected chi connectivity index (χ2v) is 3.76. The van der Waals surface area contributed by atoms with Crippen molar-refractivity contribution in [3.05, 3.63) is 12.3 Å². The average molecular weight is 236 g/mol. The highest BCUT2D eigenvalue weighted by Crippen LogP contribution is 2.14. The molecule has 0 bridgehead atoms. The Labute approximate surface area is 96.9 Å². The van der Waals surface area contributed by atoms with Crippen molar-refractivity contribution < 1.29 is 9.90 Å². The summed E-state index contributed by atoms with van der Waals surface area (Å²) in [5.74, 6) is -0.917. The van der Waals surface area contributed by atoms with E-state index in [9.17, 15) is 4.79 Å². The summed E-state index contributed by atoms with van der Waals surface area (Å²) < 4.78 is 3.10. The van der Waals surface area contributed by atoms with E-state index >= 15 is 0 Å². The minimum Gasteiger partial charge on any atom is -0.481 e. The molecule has 2 aromatic heterocycles. The van der Waals surface area contributed by atoms with E-state index in [4.69, 9.17) is 5.11 Å². The maximum atomic E-state index is 10.8. The second kappa shape index (κ2) is 4.32. The van der Waals surface area contributed by atoms with Crippen LogP contribution in [0.4, 0.5) is 0 Å². The molecule has 0 radical (unpaired) electrons. The van der Waals surface area contributed by atoms with Crippen LogP contribution in [0.15, 0.2) is 12.3 Å². The zero-order chi connectivity index (χ0) is 12.4. The van der Waals surface area contributed by atoms with Crippen molar-refractivity contribution in [2.24, 2.45) is 13.0 Å². The van der Waals surface area contributed by atoms with Gasteiger partial charge < -0.3 is 5.11 Å². The van der Waals surface area contributed by atoms with Crippen LogP contribution < -0.4 is 0 Å². The number of aromatic nitrogens is 6. The molecule has 0 aliphatic heterocycles. The van der Waals surface area contributed by atoms with E-state index in [-0.39, 0.29) is 6.54 Å². The summed E-state index contributed by atoms with van der Waals surface area (Å²) >= 11 is 0. The lowest BCUT2D eigenvalue weighted by molar-refractivity contribution is -0.141. The highest BCUT2D eigenvalue weighted by molar-refractivity contribution is 5.69. The molecule has 2 aromatic rings. The molecular weight excluding hydrogens is 224 g/mol. The van der Waals surface area contributed by atoms with Crippen LogP contribution in [0.25, 0.3) is 11.5 Å². The van der Waals surface area contributed by atoms with Crippen molar-refractivity contribution in [1.29, 1.82) is 0 Å². The number of carboxylic acids is 1. The fourth-order valence-corrected chi connectivity index (χ4v) is 1.44. The van der Waals surface area contributed by atoms with Crippen molar-refractivity contribution in [3.63, 3.8) is 0 Å². The van der Waals surface area contributed by atoms with Gasteiger partial charge in [0.1, 0.15) is 5.69 Å². The molecule has 0 amide bonds. The Morgan fingerprint density at radius 3 is 2.94 bits per heavy atom. The van der Waals surface area contributed by atoms with E-state index in [1.807, 2.05) is 0 Å². The summed E-state index contributed by atoms with van der Waals surface area (Å²) in [6.07, 6.45) is 1.63. The van der Waals surface area contributed by atoms with Gasteiger partial charge in [0.15, 0.2) is 5.82 Å². The smallest absolute Gasteiger partial charge is 0.308 e. The van der Waals surface area contributed by atoms with E-state index in [1.54, 1.807) is 30.9 Å². The molecule has 2 rings (SSSR count). The Kier molecular flexibility index (Phi) is 2.86. The van der Waals surface area contributed by atoms with Crippen molar-refractivity contribution in [2.75, 3.05) is 0 Å². The largest absolute Gasteiger partial charge is 0.481 e. The first-order valence-electron chi connectivity index (χ1n) is 5.07. The van der Waals surface area contributed by atoms with Crippen LogP contribution in [0.3, 0.4) is 0 Å². The number of nitrogens with zero attached hydrogens (tertiary/aromatic N) is 6. The zero-order valence-corrected chi connectivity index (χ0v) is 9.48. The van der Waals surface area contributed by atoms with Crippen molar-refractivity contribution in [3.8, 4) is 11.5 Å². The van der Waals surface area contributed by atoms with Gasteiger partial charge in [-0.1, -0.05) is 6.92 Å². The normalized spacial score (nSPS) is 12.6. The molecule has 0 aliphatic carbocycles. The molecule has 8 nitrogen and oxygen atoms in total. The highest BCUT2D eigenvalue weighted by atomic mass is 16.4. The number of rotatable bonds is 4. The van der Waals surface area contributed by atoms with Crippen molar-refractivity contribution >= 4 is 5.97 Å².